The van der Waals surface area contributed by atoms with E-state index in [1.54, 1.807) is 25.2 Å². The molecule has 0 aliphatic heterocycles. The number of ether oxygens (including phenoxy) is 1. The van der Waals surface area contributed by atoms with Crippen molar-refractivity contribution in [1.82, 2.24) is 4.90 Å². The van der Waals surface area contributed by atoms with E-state index in [9.17, 15) is 9.59 Å². The van der Waals surface area contributed by atoms with Crippen LogP contribution in [0.15, 0.2) is 18.2 Å². The van der Waals surface area contributed by atoms with E-state index in [0.717, 1.165) is 0 Å². The number of primary amides is 1. The monoisotopic (exact) mass is 304 g/mol. The molecule has 7 heteroatoms. The fourth-order valence-corrected chi connectivity index (χ4v) is 2.01. The maximum absolute atomic E-state index is 11.8. The molecule has 5 nitrogen and oxygen atoms in total. The Morgan fingerprint density at radius 2 is 2.00 bits per heavy atom. The number of benzene rings is 1. The Labute approximate surface area is 121 Å². The second kappa shape index (κ2) is 6.75. The Morgan fingerprint density at radius 3 is 2.47 bits per heavy atom. The van der Waals surface area contributed by atoms with Gasteiger partial charge in [0.2, 0.25) is 5.91 Å². The van der Waals surface area contributed by atoms with Crippen LogP contribution in [0.2, 0.25) is 10.0 Å². The molecule has 2 N–H and O–H groups in total. The van der Waals surface area contributed by atoms with E-state index >= 15 is 0 Å². The summed E-state index contributed by atoms with van der Waals surface area (Å²) in [5.41, 5.74) is 5.70. The molecular weight excluding hydrogens is 291 g/mol. The third-order valence-corrected chi connectivity index (χ3v) is 3.27. The number of hydrogen-bond acceptors (Lipinski definition) is 4. The standard InChI is InChI=1S/C12H14Cl2N2O3/c1-16(6-10(15)17)11(12(18)19-2)7-3-4-8(13)9(14)5-7/h3-5,11H,6H2,1-2H3,(H2,15,17)/t11-/m0/s1. The van der Waals surface area contributed by atoms with Crippen molar-refractivity contribution in [2.75, 3.05) is 20.7 Å². The average Bonchev–Trinajstić information content (AvgIpc) is 2.32. The number of carbonyl (C=O) groups excluding carboxylic acids is 2. The molecule has 0 bridgehead atoms. The van der Waals surface area contributed by atoms with Crippen molar-refractivity contribution in [2.45, 2.75) is 6.04 Å². The highest BCUT2D eigenvalue weighted by molar-refractivity contribution is 6.42. The number of rotatable bonds is 5. The summed E-state index contributed by atoms with van der Waals surface area (Å²) in [6.07, 6.45) is 0. The Hall–Kier alpha value is -1.30. The van der Waals surface area contributed by atoms with Crippen molar-refractivity contribution in [3.05, 3.63) is 33.8 Å². The lowest BCUT2D eigenvalue weighted by molar-refractivity contribution is -0.147. The van der Waals surface area contributed by atoms with E-state index in [1.807, 2.05) is 0 Å². The Balaban J connectivity index is 3.12. The van der Waals surface area contributed by atoms with Crippen LogP contribution >= 0.6 is 23.2 Å². The van der Waals surface area contributed by atoms with Gasteiger partial charge < -0.3 is 10.5 Å². The molecule has 1 amide bonds. The van der Waals surface area contributed by atoms with Crippen molar-refractivity contribution in [3.63, 3.8) is 0 Å². The van der Waals surface area contributed by atoms with Crippen molar-refractivity contribution >= 4 is 35.1 Å². The second-order valence-electron chi connectivity index (χ2n) is 3.98. The van der Waals surface area contributed by atoms with Gasteiger partial charge >= 0.3 is 5.97 Å². The van der Waals surface area contributed by atoms with Gasteiger partial charge in [-0.2, -0.15) is 0 Å². The van der Waals surface area contributed by atoms with Crippen molar-refractivity contribution in [2.24, 2.45) is 5.73 Å². The Kier molecular flexibility index (Phi) is 5.60. The third-order valence-electron chi connectivity index (χ3n) is 2.53. The minimum Gasteiger partial charge on any atom is -0.468 e. The first-order valence-electron chi connectivity index (χ1n) is 5.38. The molecule has 19 heavy (non-hydrogen) atoms. The SMILES string of the molecule is COC(=O)[C@H](c1ccc(Cl)c(Cl)c1)N(C)CC(N)=O. The zero-order valence-corrected chi connectivity index (χ0v) is 12.0. The van der Waals surface area contributed by atoms with Crippen LogP contribution in [0.3, 0.4) is 0 Å². The quantitative estimate of drug-likeness (QED) is 0.839. The van der Waals surface area contributed by atoms with E-state index in [-0.39, 0.29) is 6.54 Å². The minimum atomic E-state index is -0.771. The zero-order chi connectivity index (χ0) is 14.6. The van der Waals surface area contributed by atoms with Crippen LogP contribution in [0, 0.1) is 0 Å². The number of carbonyl (C=O) groups is 2. The molecule has 0 aliphatic rings. The first-order valence-corrected chi connectivity index (χ1v) is 6.13. The molecule has 0 spiro atoms. The zero-order valence-electron chi connectivity index (χ0n) is 10.5. The number of nitrogens with two attached hydrogens (primary N) is 1. The van der Waals surface area contributed by atoms with Gasteiger partial charge in [0.1, 0.15) is 6.04 Å². The van der Waals surface area contributed by atoms with Crippen molar-refractivity contribution < 1.29 is 14.3 Å². The highest BCUT2D eigenvalue weighted by Crippen LogP contribution is 2.28. The summed E-state index contributed by atoms with van der Waals surface area (Å²) in [5, 5.41) is 0.701. The smallest absolute Gasteiger partial charge is 0.327 e. The fourth-order valence-electron chi connectivity index (χ4n) is 1.70. The lowest BCUT2D eigenvalue weighted by atomic mass is 10.1. The molecule has 104 valence electrons. The number of methoxy groups -OCH3 is 1. The second-order valence-corrected chi connectivity index (χ2v) is 4.80. The van der Waals surface area contributed by atoms with Gasteiger partial charge in [0.15, 0.2) is 0 Å². The molecule has 1 aromatic rings. The highest BCUT2D eigenvalue weighted by atomic mass is 35.5. The molecule has 0 radical (unpaired) electrons. The largest absolute Gasteiger partial charge is 0.468 e. The van der Waals surface area contributed by atoms with E-state index < -0.39 is 17.9 Å². The van der Waals surface area contributed by atoms with Gasteiger partial charge in [-0.25, -0.2) is 4.79 Å². The van der Waals surface area contributed by atoms with E-state index in [4.69, 9.17) is 33.7 Å². The highest BCUT2D eigenvalue weighted by Gasteiger charge is 2.27. The Bertz CT molecular complexity index is 494. The lowest BCUT2D eigenvalue weighted by Gasteiger charge is -2.25. The van der Waals surface area contributed by atoms with Gasteiger partial charge in [0, 0.05) is 0 Å². The van der Waals surface area contributed by atoms with Crippen LogP contribution < -0.4 is 5.73 Å². The van der Waals surface area contributed by atoms with Crippen LogP contribution in [0.5, 0.6) is 0 Å². The molecule has 0 saturated carbocycles. The molecule has 1 aromatic carbocycles. The topological polar surface area (TPSA) is 72.6 Å². The van der Waals surface area contributed by atoms with Crippen LogP contribution in [-0.4, -0.2) is 37.5 Å². The molecule has 1 atom stereocenters. The summed E-state index contributed by atoms with van der Waals surface area (Å²) < 4.78 is 4.73. The van der Waals surface area contributed by atoms with E-state index in [0.29, 0.717) is 15.6 Å². The molecule has 0 aromatic heterocycles. The number of esters is 1. The average molecular weight is 305 g/mol. The molecule has 0 fully saturated rings. The summed E-state index contributed by atoms with van der Waals surface area (Å²) in [7, 11) is 2.86. The first kappa shape index (κ1) is 15.8. The maximum Gasteiger partial charge on any atom is 0.327 e. The predicted molar refractivity (Wildman–Crippen MR) is 73.0 cm³/mol. The first-order chi connectivity index (χ1) is 8.86. The van der Waals surface area contributed by atoms with Crippen molar-refractivity contribution in [3.8, 4) is 0 Å². The van der Waals surface area contributed by atoms with Crippen LogP contribution in [0.4, 0.5) is 0 Å². The number of halogens is 2. The van der Waals surface area contributed by atoms with Crippen molar-refractivity contribution in [1.29, 1.82) is 0 Å². The van der Waals surface area contributed by atoms with Crippen LogP contribution in [0.25, 0.3) is 0 Å². The molecular formula is C12H14Cl2N2O3. The normalized spacial score (nSPS) is 12.3. The summed E-state index contributed by atoms with van der Waals surface area (Å²) in [6, 6.07) is 4.01. The minimum absolute atomic E-state index is 0.0833. The number of nitrogens with zero attached hydrogens (tertiary/aromatic N) is 1. The predicted octanol–water partition coefficient (Wildman–Crippen LogP) is 1.62. The number of likely N-dealkylation sites (N-methyl/N-ethyl adjacent to an activating group) is 1. The molecule has 0 heterocycles. The van der Waals surface area contributed by atoms with Gasteiger partial charge in [0.25, 0.3) is 0 Å². The lowest BCUT2D eigenvalue weighted by Crippen LogP contribution is -2.37. The molecule has 1 rings (SSSR count). The third kappa shape index (κ3) is 4.09. The van der Waals surface area contributed by atoms with Crippen LogP contribution in [-0.2, 0) is 14.3 Å². The van der Waals surface area contributed by atoms with Gasteiger partial charge in [0.05, 0.1) is 23.7 Å². The summed E-state index contributed by atoms with van der Waals surface area (Å²) in [4.78, 5) is 24.3. The van der Waals surface area contributed by atoms with Gasteiger partial charge in [-0.1, -0.05) is 29.3 Å². The van der Waals surface area contributed by atoms with Gasteiger partial charge in [-0.3, -0.25) is 9.69 Å². The van der Waals surface area contributed by atoms with Gasteiger partial charge in [-0.05, 0) is 24.7 Å². The Morgan fingerprint density at radius 1 is 1.37 bits per heavy atom. The fraction of sp³-hybridized carbons (Fsp3) is 0.333. The summed E-state index contributed by atoms with van der Waals surface area (Å²) in [5.74, 6) is -1.06. The molecule has 0 saturated heterocycles. The van der Waals surface area contributed by atoms with E-state index in [2.05, 4.69) is 0 Å². The van der Waals surface area contributed by atoms with Gasteiger partial charge in [-0.15, -0.1) is 0 Å². The summed E-state index contributed by atoms with van der Waals surface area (Å²) >= 11 is 11.7. The number of amides is 1. The van der Waals surface area contributed by atoms with E-state index in [1.165, 1.54) is 12.0 Å². The molecule has 0 aliphatic carbocycles. The summed E-state index contributed by atoms with van der Waals surface area (Å²) in [6.45, 7) is -0.0833. The van der Waals surface area contributed by atoms with Crippen LogP contribution in [0.1, 0.15) is 11.6 Å². The number of hydrogen-bond donors (Lipinski definition) is 1. The maximum atomic E-state index is 11.8. The molecule has 0 unspecified atom stereocenters.